The highest BCUT2D eigenvalue weighted by Gasteiger charge is 2.25. The van der Waals surface area contributed by atoms with Gasteiger partial charge in [0.15, 0.2) is 0 Å². The zero-order chi connectivity index (χ0) is 14.7. The monoisotopic (exact) mass is 277 g/mol. The molecule has 108 valence electrons. The first-order chi connectivity index (χ1) is 9.50. The van der Waals surface area contributed by atoms with Gasteiger partial charge in [-0.05, 0) is 24.3 Å². The Morgan fingerprint density at radius 3 is 2.85 bits per heavy atom. The zero-order valence-corrected chi connectivity index (χ0v) is 11.5. The molecule has 0 spiro atoms. The number of nitrogens with one attached hydrogen (secondary N) is 1. The number of anilines is 1. The van der Waals surface area contributed by atoms with Gasteiger partial charge in [0, 0.05) is 12.6 Å². The number of hydrogen-bond acceptors (Lipinski definition) is 4. The summed E-state index contributed by atoms with van der Waals surface area (Å²) in [7, 11) is 0. The summed E-state index contributed by atoms with van der Waals surface area (Å²) in [4.78, 5) is 22.3. The van der Waals surface area contributed by atoms with Crippen molar-refractivity contribution in [2.45, 2.75) is 26.2 Å². The maximum atomic E-state index is 12.1. The minimum atomic E-state index is -0.578. The van der Waals surface area contributed by atoms with Gasteiger partial charge in [-0.2, -0.15) is 0 Å². The fourth-order valence-corrected chi connectivity index (χ4v) is 2.75. The minimum Gasteiger partial charge on any atom is -0.393 e. The number of nitrogen functional groups attached to an aromatic ring is 1. The van der Waals surface area contributed by atoms with Gasteiger partial charge in [-0.15, -0.1) is 0 Å². The van der Waals surface area contributed by atoms with Crippen molar-refractivity contribution in [2.24, 2.45) is 11.8 Å². The molecule has 6 heteroatoms. The lowest BCUT2D eigenvalue weighted by Crippen LogP contribution is -2.30. The lowest BCUT2D eigenvalue weighted by molar-refractivity contribution is -0.383. The summed E-state index contributed by atoms with van der Waals surface area (Å²) >= 11 is 0. The second-order valence-electron chi connectivity index (χ2n) is 5.37. The Labute approximate surface area is 117 Å². The molecule has 1 aliphatic carbocycles. The predicted octanol–water partition coefficient (Wildman–Crippen LogP) is 2.34. The average Bonchev–Trinajstić information content (AvgIpc) is 2.81. The van der Waals surface area contributed by atoms with E-state index >= 15 is 0 Å². The first-order valence-electron chi connectivity index (χ1n) is 6.81. The van der Waals surface area contributed by atoms with E-state index in [0.717, 1.165) is 6.42 Å². The number of carbonyl (C=O) groups is 1. The average molecular weight is 277 g/mol. The minimum absolute atomic E-state index is 0.0746. The molecule has 0 saturated heterocycles. The van der Waals surface area contributed by atoms with Crippen LogP contribution in [0, 0.1) is 22.0 Å². The highest BCUT2D eigenvalue weighted by Crippen LogP contribution is 2.30. The zero-order valence-electron chi connectivity index (χ0n) is 11.5. The third-order valence-electron chi connectivity index (χ3n) is 4.09. The Kier molecular flexibility index (Phi) is 4.22. The molecule has 1 saturated carbocycles. The van der Waals surface area contributed by atoms with E-state index in [2.05, 4.69) is 12.2 Å². The van der Waals surface area contributed by atoms with Crippen LogP contribution < -0.4 is 11.1 Å². The largest absolute Gasteiger partial charge is 0.393 e. The fourth-order valence-electron chi connectivity index (χ4n) is 2.75. The second kappa shape index (κ2) is 5.90. The Bertz CT molecular complexity index is 530. The van der Waals surface area contributed by atoms with Crippen LogP contribution in [0.15, 0.2) is 18.2 Å². The number of nitrogens with zero attached hydrogens (tertiary/aromatic N) is 1. The van der Waals surface area contributed by atoms with Crippen LogP contribution in [0.1, 0.15) is 36.5 Å². The molecule has 0 bridgehead atoms. The highest BCUT2D eigenvalue weighted by atomic mass is 16.6. The summed E-state index contributed by atoms with van der Waals surface area (Å²) in [6.45, 7) is 2.79. The molecule has 3 N–H and O–H groups in total. The number of nitro groups is 1. The van der Waals surface area contributed by atoms with Crippen molar-refractivity contribution >= 4 is 17.3 Å². The second-order valence-corrected chi connectivity index (χ2v) is 5.37. The molecule has 1 aromatic carbocycles. The number of benzene rings is 1. The molecular weight excluding hydrogens is 258 g/mol. The van der Waals surface area contributed by atoms with Crippen LogP contribution in [0.25, 0.3) is 0 Å². The lowest BCUT2D eigenvalue weighted by Gasteiger charge is -2.16. The lowest BCUT2D eigenvalue weighted by atomic mass is 9.98. The Morgan fingerprint density at radius 2 is 2.25 bits per heavy atom. The molecular formula is C14H19N3O3. The van der Waals surface area contributed by atoms with Crippen molar-refractivity contribution in [2.75, 3.05) is 12.3 Å². The third-order valence-corrected chi connectivity index (χ3v) is 4.09. The van der Waals surface area contributed by atoms with Crippen molar-refractivity contribution in [3.05, 3.63) is 33.9 Å². The van der Waals surface area contributed by atoms with Crippen molar-refractivity contribution < 1.29 is 9.72 Å². The van der Waals surface area contributed by atoms with Gasteiger partial charge in [-0.3, -0.25) is 14.9 Å². The molecule has 0 radical (unpaired) electrons. The number of amides is 1. The number of carbonyl (C=O) groups excluding carboxylic acids is 1. The maximum absolute atomic E-state index is 12.1. The normalized spacial score (nSPS) is 21.6. The van der Waals surface area contributed by atoms with E-state index in [4.69, 9.17) is 5.73 Å². The van der Waals surface area contributed by atoms with Crippen molar-refractivity contribution in [3.8, 4) is 0 Å². The van der Waals surface area contributed by atoms with Gasteiger partial charge in [0.2, 0.25) is 0 Å². The van der Waals surface area contributed by atoms with Crippen LogP contribution in [0.5, 0.6) is 0 Å². The molecule has 20 heavy (non-hydrogen) atoms. The molecule has 0 aliphatic heterocycles. The van der Waals surface area contributed by atoms with Crippen LogP contribution >= 0.6 is 0 Å². The van der Waals surface area contributed by atoms with E-state index in [1.165, 1.54) is 31.0 Å². The van der Waals surface area contributed by atoms with E-state index in [-0.39, 0.29) is 22.8 Å². The molecule has 2 unspecified atom stereocenters. The van der Waals surface area contributed by atoms with Gasteiger partial charge in [0.25, 0.3) is 11.6 Å². The van der Waals surface area contributed by atoms with Gasteiger partial charge in [0.1, 0.15) is 5.69 Å². The smallest absolute Gasteiger partial charge is 0.292 e. The van der Waals surface area contributed by atoms with E-state index < -0.39 is 4.92 Å². The number of hydrogen-bond donors (Lipinski definition) is 2. The van der Waals surface area contributed by atoms with Crippen LogP contribution in [0.2, 0.25) is 0 Å². The van der Waals surface area contributed by atoms with E-state index in [0.29, 0.717) is 18.4 Å². The summed E-state index contributed by atoms with van der Waals surface area (Å²) < 4.78 is 0. The topological polar surface area (TPSA) is 98.3 Å². The van der Waals surface area contributed by atoms with Crippen molar-refractivity contribution in [1.29, 1.82) is 0 Å². The number of nitro benzene ring substituents is 1. The maximum Gasteiger partial charge on any atom is 0.292 e. The first kappa shape index (κ1) is 14.3. The van der Waals surface area contributed by atoms with E-state index in [1.807, 2.05) is 0 Å². The van der Waals surface area contributed by atoms with Gasteiger partial charge >= 0.3 is 0 Å². The molecule has 2 rings (SSSR count). The van der Waals surface area contributed by atoms with Crippen molar-refractivity contribution in [3.63, 3.8) is 0 Å². The summed E-state index contributed by atoms with van der Waals surface area (Å²) in [6, 6.07) is 4.28. The summed E-state index contributed by atoms with van der Waals surface area (Å²) in [5.41, 5.74) is 5.56. The molecule has 0 aromatic heterocycles. The Balaban J connectivity index is 2.06. The number of rotatable bonds is 4. The Morgan fingerprint density at radius 1 is 1.50 bits per heavy atom. The third kappa shape index (κ3) is 2.89. The quantitative estimate of drug-likeness (QED) is 0.501. The van der Waals surface area contributed by atoms with Crippen molar-refractivity contribution in [1.82, 2.24) is 5.32 Å². The summed E-state index contributed by atoms with van der Waals surface area (Å²) in [6.07, 6.45) is 3.51. The summed E-state index contributed by atoms with van der Waals surface area (Å²) in [5, 5.41) is 13.6. The molecule has 1 fully saturated rings. The summed E-state index contributed by atoms with van der Waals surface area (Å²) in [5.74, 6) is 0.752. The standard InChI is InChI=1S/C14H19N3O3/c1-9-4-2-5-10(9)8-16-14(18)11-6-3-7-12(13(11)15)17(19)20/h3,6-7,9-10H,2,4-5,8,15H2,1H3,(H,16,18). The van der Waals surface area contributed by atoms with Gasteiger partial charge in [-0.1, -0.05) is 25.8 Å². The number of nitrogens with two attached hydrogens (primary N) is 1. The van der Waals surface area contributed by atoms with Gasteiger partial charge in [0.05, 0.1) is 10.5 Å². The molecule has 1 amide bonds. The highest BCUT2D eigenvalue weighted by molar-refractivity contribution is 6.00. The van der Waals surface area contributed by atoms with E-state index in [1.54, 1.807) is 0 Å². The van der Waals surface area contributed by atoms with E-state index in [9.17, 15) is 14.9 Å². The number of para-hydroxylation sites is 1. The molecule has 6 nitrogen and oxygen atoms in total. The predicted molar refractivity (Wildman–Crippen MR) is 76.3 cm³/mol. The van der Waals surface area contributed by atoms with Crippen LogP contribution in [0.4, 0.5) is 11.4 Å². The SMILES string of the molecule is CC1CCCC1CNC(=O)c1cccc([N+](=O)[O-])c1N. The van der Waals surface area contributed by atoms with Gasteiger partial charge in [-0.25, -0.2) is 0 Å². The Hall–Kier alpha value is -2.11. The van der Waals surface area contributed by atoms with Crippen LogP contribution in [-0.2, 0) is 0 Å². The molecule has 0 heterocycles. The molecule has 1 aliphatic rings. The van der Waals surface area contributed by atoms with Gasteiger partial charge < -0.3 is 11.1 Å². The molecule has 1 aromatic rings. The van der Waals surface area contributed by atoms with Crippen LogP contribution in [-0.4, -0.2) is 17.4 Å². The molecule has 2 atom stereocenters. The fraction of sp³-hybridized carbons (Fsp3) is 0.500. The first-order valence-corrected chi connectivity index (χ1v) is 6.81. The van der Waals surface area contributed by atoms with Crippen LogP contribution in [0.3, 0.4) is 0 Å².